The number of hydrogen-bond donors (Lipinski definition) is 1. The molecule has 0 bridgehead atoms. The van der Waals surface area contributed by atoms with Crippen LogP contribution in [-0.4, -0.2) is 22.0 Å². The molecule has 1 amide bonds. The Bertz CT molecular complexity index is 1180. The third-order valence-electron chi connectivity index (χ3n) is 3.93. The lowest BCUT2D eigenvalue weighted by Gasteiger charge is -2.06. The monoisotopic (exact) mass is 456 g/mol. The zero-order chi connectivity index (χ0) is 22.4. The number of halogens is 1. The van der Waals surface area contributed by atoms with Gasteiger partial charge in [-0.3, -0.25) is 25.0 Å². The highest BCUT2D eigenvalue weighted by atomic mass is 35.5. The van der Waals surface area contributed by atoms with E-state index in [1.54, 1.807) is 30.3 Å². The number of nitrogens with zero attached hydrogens (tertiary/aromatic N) is 3. The summed E-state index contributed by atoms with van der Waals surface area (Å²) in [6.45, 7) is 0. The molecule has 0 spiro atoms. The zero-order valence-corrected chi connectivity index (χ0v) is 17.2. The minimum Gasteiger partial charge on any atom is -0.267 e. The molecule has 9 nitrogen and oxygen atoms in total. The molecule has 0 saturated heterocycles. The van der Waals surface area contributed by atoms with Crippen LogP contribution >= 0.6 is 23.4 Å². The standard InChI is InChI=1S/C20H13ClN4O5S/c21-15-4-7-18(8-5-15)31-19-9-6-17(25(29)30)11-14(19)12-22-23-20(26)13-2-1-3-16(10-13)24(27)28/h1-12H,(H,23,26)/b22-12+. The number of hydrogen-bond acceptors (Lipinski definition) is 7. The second-order valence-corrected chi connectivity index (χ2v) is 7.59. The number of benzene rings is 3. The molecule has 0 saturated carbocycles. The van der Waals surface area contributed by atoms with Gasteiger partial charge >= 0.3 is 0 Å². The lowest BCUT2D eigenvalue weighted by atomic mass is 10.2. The third-order valence-corrected chi connectivity index (χ3v) is 5.29. The summed E-state index contributed by atoms with van der Waals surface area (Å²) in [6.07, 6.45) is 1.28. The van der Waals surface area contributed by atoms with E-state index in [0.717, 1.165) is 11.0 Å². The maximum atomic E-state index is 12.2. The Hall–Kier alpha value is -3.76. The van der Waals surface area contributed by atoms with Crippen molar-refractivity contribution in [2.75, 3.05) is 0 Å². The highest BCUT2D eigenvalue weighted by Crippen LogP contribution is 2.32. The molecule has 11 heteroatoms. The minimum atomic E-state index is -0.655. The molecule has 0 heterocycles. The van der Waals surface area contributed by atoms with Gasteiger partial charge in [0.2, 0.25) is 0 Å². The average molecular weight is 457 g/mol. The first-order valence-corrected chi connectivity index (χ1v) is 9.82. The Kier molecular flexibility index (Phi) is 6.96. The average Bonchev–Trinajstić information content (AvgIpc) is 2.76. The van der Waals surface area contributed by atoms with Crippen molar-refractivity contribution in [1.29, 1.82) is 0 Å². The van der Waals surface area contributed by atoms with E-state index in [0.29, 0.717) is 15.5 Å². The molecule has 3 rings (SSSR count). The molecule has 31 heavy (non-hydrogen) atoms. The smallest absolute Gasteiger partial charge is 0.267 e. The lowest BCUT2D eigenvalue weighted by Crippen LogP contribution is -2.17. The lowest BCUT2D eigenvalue weighted by molar-refractivity contribution is -0.385. The van der Waals surface area contributed by atoms with E-state index in [1.807, 2.05) is 0 Å². The minimum absolute atomic E-state index is 0.0566. The Labute approximate surface area is 185 Å². The predicted octanol–water partition coefficient (Wildman–Crippen LogP) is 5.07. The topological polar surface area (TPSA) is 128 Å². The molecule has 0 aliphatic rings. The maximum Gasteiger partial charge on any atom is 0.271 e. The van der Waals surface area contributed by atoms with Crippen molar-refractivity contribution in [3.05, 3.63) is 103 Å². The molecule has 1 N–H and O–H groups in total. The molecule has 156 valence electrons. The van der Waals surface area contributed by atoms with Crippen LogP contribution in [-0.2, 0) is 0 Å². The van der Waals surface area contributed by atoms with Crippen LogP contribution in [0.4, 0.5) is 11.4 Å². The van der Waals surface area contributed by atoms with Crippen LogP contribution in [0.25, 0.3) is 0 Å². The summed E-state index contributed by atoms with van der Waals surface area (Å²) in [5.74, 6) is -0.655. The van der Waals surface area contributed by atoms with Gasteiger partial charge in [0.1, 0.15) is 0 Å². The van der Waals surface area contributed by atoms with Crippen LogP contribution in [0, 0.1) is 20.2 Å². The quantitative estimate of drug-likeness (QED) is 0.300. The molecule has 0 aliphatic heterocycles. The van der Waals surface area contributed by atoms with Gasteiger partial charge < -0.3 is 0 Å². The van der Waals surface area contributed by atoms with Crippen LogP contribution in [0.2, 0.25) is 5.02 Å². The molecule has 3 aromatic rings. The summed E-state index contributed by atoms with van der Waals surface area (Å²) in [5.41, 5.74) is 2.38. The molecule has 3 aromatic carbocycles. The molecular formula is C20H13ClN4O5S. The summed E-state index contributed by atoms with van der Waals surface area (Å²) < 4.78 is 0. The molecular weight excluding hydrogens is 444 g/mol. The van der Waals surface area contributed by atoms with Crippen molar-refractivity contribution in [2.45, 2.75) is 9.79 Å². The Morgan fingerprint density at radius 2 is 1.65 bits per heavy atom. The summed E-state index contributed by atoms with van der Waals surface area (Å²) in [5, 5.41) is 26.4. The number of nitro groups is 2. The predicted molar refractivity (Wildman–Crippen MR) is 117 cm³/mol. The third kappa shape index (κ3) is 5.87. The van der Waals surface area contributed by atoms with Crippen molar-refractivity contribution >= 4 is 46.9 Å². The second kappa shape index (κ2) is 9.83. The molecule has 0 unspecified atom stereocenters. The first-order valence-electron chi connectivity index (χ1n) is 8.63. The summed E-state index contributed by atoms with van der Waals surface area (Å²) in [7, 11) is 0. The van der Waals surface area contributed by atoms with Gasteiger partial charge in [0.25, 0.3) is 17.3 Å². The number of carbonyl (C=O) groups excluding carboxylic acids is 1. The highest BCUT2D eigenvalue weighted by Gasteiger charge is 2.13. The fourth-order valence-electron chi connectivity index (χ4n) is 2.46. The maximum absolute atomic E-state index is 12.2. The van der Waals surface area contributed by atoms with E-state index < -0.39 is 15.8 Å². The van der Waals surface area contributed by atoms with E-state index in [-0.39, 0.29) is 16.9 Å². The molecule has 0 fully saturated rings. The number of amides is 1. The fraction of sp³-hybridized carbons (Fsp3) is 0. The number of non-ortho nitro benzene ring substituents is 2. The zero-order valence-electron chi connectivity index (χ0n) is 15.6. The van der Waals surface area contributed by atoms with Gasteiger partial charge in [0, 0.05) is 50.2 Å². The largest absolute Gasteiger partial charge is 0.271 e. The molecule has 0 aromatic heterocycles. The van der Waals surface area contributed by atoms with E-state index in [4.69, 9.17) is 11.6 Å². The van der Waals surface area contributed by atoms with E-state index in [2.05, 4.69) is 10.5 Å². The Morgan fingerprint density at radius 3 is 2.32 bits per heavy atom. The van der Waals surface area contributed by atoms with Gasteiger partial charge in [-0.1, -0.05) is 29.4 Å². The van der Waals surface area contributed by atoms with Crippen LogP contribution in [0.5, 0.6) is 0 Å². The van der Waals surface area contributed by atoms with Gasteiger partial charge in [0.05, 0.1) is 16.1 Å². The van der Waals surface area contributed by atoms with Crippen LogP contribution in [0.1, 0.15) is 15.9 Å². The number of carbonyl (C=O) groups is 1. The van der Waals surface area contributed by atoms with Gasteiger partial charge in [-0.25, -0.2) is 5.43 Å². The first kappa shape index (κ1) is 21.9. The number of nitro benzene ring substituents is 2. The fourth-order valence-corrected chi connectivity index (χ4v) is 3.48. The van der Waals surface area contributed by atoms with Crippen molar-refractivity contribution in [3.8, 4) is 0 Å². The van der Waals surface area contributed by atoms with Gasteiger partial charge in [-0.05, 0) is 36.4 Å². The van der Waals surface area contributed by atoms with Crippen molar-refractivity contribution in [3.63, 3.8) is 0 Å². The number of rotatable bonds is 7. The van der Waals surface area contributed by atoms with Gasteiger partial charge in [0.15, 0.2) is 0 Å². The SMILES string of the molecule is O=C(N/N=C/c1cc([N+](=O)[O-])ccc1Sc1ccc(Cl)cc1)c1cccc([N+](=O)[O-])c1. The van der Waals surface area contributed by atoms with Crippen molar-refractivity contribution in [1.82, 2.24) is 5.43 Å². The van der Waals surface area contributed by atoms with Crippen LogP contribution in [0.3, 0.4) is 0 Å². The molecule has 0 atom stereocenters. The van der Waals surface area contributed by atoms with Crippen molar-refractivity contribution in [2.24, 2.45) is 5.10 Å². The highest BCUT2D eigenvalue weighted by molar-refractivity contribution is 7.99. The van der Waals surface area contributed by atoms with Crippen LogP contribution < -0.4 is 5.43 Å². The van der Waals surface area contributed by atoms with E-state index in [1.165, 1.54) is 48.3 Å². The number of nitrogens with one attached hydrogen (secondary N) is 1. The first-order chi connectivity index (χ1) is 14.8. The van der Waals surface area contributed by atoms with Crippen molar-refractivity contribution < 1.29 is 14.6 Å². The second-order valence-electron chi connectivity index (χ2n) is 6.04. The van der Waals surface area contributed by atoms with E-state index in [9.17, 15) is 25.0 Å². The van der Waals surface area contributed by atoms with Gasteiger partial charge in [-0.2, -0.15) is 5.10 Å². The Balaban J connectivity index is 1.82. The number of hydrazone groups is 1. The van der Waals surface area contributed by atoms with Crippen LogP contribution in [0.15, 0.2) is 81.6 Å². The molecule has 0 radical (unpaired) electrons. The van der Waals surface area contributed by atoms with E-state index >= 15 is 0 Å². The Morgan fingerprint density at radius 1 is 0.968 bits per heavy atom. The summed E-state index contributed by atoms with van der Waals surface area (Å²) in [6, 6.07) is 16.5. The molecule has 0 aliphatic carbocycles. The normalized spacial score (nSPS) is 10.7. The van der Waals surface area contributed by atoms with Gasteiger partial charge in [-0.15, -0.1) is 0 Å². The summed E-state index contributed by atoms with van der Waals surface area (Å²) >= 11 is 7.24. The summed E-state index contributed by atoms with van der Waals surface area (Å²) in [4.78, 5) is 34.6.